The molecule has 2 atom stereocenters. The molecule has 11 nitrogen and oxygen atoms in total. The highest BCUT2D eigenvalue weighted by atomic mass is 19.1. The van der Waals surface area contributed by atoms with Crippen molar-refractivity contribution < 1.29 is 26.9 Å². The third-order valence-corrected chi connectivity index (χ3v) is 8.50. The van der Waals surface area contributed by atoms with Crippen LogP contribution in [0.4, 0.5) is 9.18 Å². The first-order chi connectivity index (χ1) is 22.5. The molecule has 2 N–H and O–H groups in total. The molecule has 42 heavy (non-hydrogen) atoms. The van der Waals surface area contributed by atoms with Crippen molar-refractivity contribution in [2.24, 2.45) is 14.0 Å². The lowest BCUT2D eigenvalue weighted by atomic mass is 9.91. The molecule has 5 heterocycles. The summed E-state index contributed by atoms with van der Waals surface area (Å²) < 4.78 is 77.2. The third-order valence-electron chi connectivity index (χ3n) is 8.50. The molecule has 4 aromatic heterocycles. The molecule has 0 radical (unpaired) electrons. The number of carbonyl (C=O) groups excluding carboxylic acids is 1. The molecule has 0 saturated heterocycles. The van der Waals surface area contributed by atoms with Crippen molar-refractivity contribution in [1.29, 1.82) is 0 Å². The highest BCUT2D eigenvalue weighted by molar-refractivity contribution is 6.14. The summed E-state index contributed by atoms with van der Waals surface area (Å²) in [5, 5.41) is 6.72. The molecule has 1 fully saturated rings. The zero-order chi connectivity index (χ0) is 34.5. The number of methoxy groups -OCH3 is 1. The van der Waals surface area contributed by atoms with Gasteiger partial charge in [-0.2, -0.15) is 4.39 Å². The lowest BCUT2D eigenvalue weighted by molar-refractivity contribution is -0.00789. The average Bonchev–Trinajstić information content (AvgIpc) is 3.80. The van der Waals surface area contributed by atoms with E-state index in [1.54, 1.807) is 0 Å². The number of hydrogen-bond acceptors (Lipinski definition) is 6. The average molecular weight is 580 g/mol. The van der Waals surface area contributed by atoms with Gasteiger partial charge in [0.2, 0.25) is 5.95 Å². The van der Waals surface area contributed by atoms with Crippen LogP contribution in [0.5, 0.6) is 0 Å². The van der Waals surface area contributed by atoms with Gasteiger partial charge in [0.25, 0.3) is 0 Å². The second-order valence-electron chi connectivity index (χ2n) is 11.3. The fourth-order valence-electron chi connectivity index (χ4n) is 6.53. The van der Waals surface area contributed by atoms with Crippen molar-refractivity contribution in [2.45, 2.75) is 57.4 Å². The Morgan fingerprint density at radius 3 is 2.93 bits per heavy atom. The summed E-state index contributed by atoms with van der Waals surface area (Å²) >= 11 is 0. The summed E-state index contributed by atoms with van der Waals surface area (Å²) in [6, 6.07) is 4.75. The number of imidazole rings is 1. The molecule has 1 aliphatic heterocycles. The predicted molar refractivity (Wildman–Crippen MR) is 154 cm³/mol. The van der Waals surface area contributed by atoms with Crippen LogP contribution in [0.15, 0.2) is 35.4 Å². The van der Waals surface area contributed by atoms with E-state index in [2.05, 4.69) is 20.4 Å². The number of amides is 1. The fraction of sp³-hybridized carbons (Fsp3) is 0.400. The van der Waals surface area contributed by atoms with E-state index in [4.69, 9.17) is 17.7 Å². The predicted octanol–water partition coefficient (Wildman–Crippen LogP) is 4.64. The largest absolute Gasteiger partial charge is 0.453 e. The van der Waals surface area contributed by atoms with Gasteiger partial charge in [0.15, 0.2) is 0 Å². The van der Waals surface area contributed by atoms with Gasteiger partial charge in [-0.05, 0) is 55.9 Å². The molecular formula is C30H32FN7O4. The van der Waals surface area contributed by atoms with Gasteiger partial charge in [0.05, 0.1) is 53.2 Å². The molecule has 1 aromatic carbocycles. The normalized spacial score (nSPS) is 22.3. The van der Waals surface area contributed by atoms with Crippen LogP contribution < -0.4 is 11.0 Å². The standard InChI is InChI=1S/C30H32FN7O4/c1-30(2)20-9-6-15(10-16(20)14-42-30)22-23-25-21(12-32-27(23)34-24(22)19-13-36(3)35-26(19)31)37(4)29(40)38(25)18-8-7-17(11-18)33-28(39)41-5/h6,9-10,12-13,17-18H,7-8,11,14H2,1-5H3,(H,32,34)(H,33,39)/t17-,18-/m1/s1/i3D3,4D3. The Hall–Kier alpha value is -4.45. The number of nitrogens with zero attached hydrogens (tertiary/aromatic N) is 5. The summed E-state index contributed by atoms with van der Waals surface area (Å²) in [7, 11) is 1.25. The van der Waals surface area contributed by atoms with Gasteiger partial charge in [-0.3, -0.25) is 13.8 Å². The smallest absolute Gasteiger partial charge is 0.407 e. The number of fused-ring (bicyclic) bond motifs is 4. The van der Waals surface area contributed by atoms with Gasteiger partial charge >= 0.3 is 11.8 Å². The minimum absolute atomic E-state index is 0.0352. The second-order valence-corrected chi connectivity index (χ2v) is 11.3. The molecule has 1 aliphatic carbocycles. The number of pyridine rings is 1. The first-order valence-corrected chi connectivity index (χ1v) is 13.6. The number of aryl methyl sites for hydroxylation is 2. The van der Waals surface area contributed by atoms with Crippen molar-refractivity contribution in [2.75, 3.05) is 7.11 Å². The summed E-state index contributed by atoms with van der Waals surface area (Å²) in [6.07, 6.45) is 3.00. The molecule has 0 bridgehead atoms. The van der Waals surface area contributed by atoms with Crippen molar-refractivity contribution in [3.63, 3.8) is 0 Å². The Morgan fingerprint density at radius 2 is 2.17 bits per heavy atom. The molecule has 7 rings (SSSR count). The van der Waals surface area contributed by atoms with Crippen LogP contribution in [-0.2, 0) is 35.6 Å². The number of rotatable bonds is 4. The summed E-state index contributed by atoms with van der Waals surface area (Å²) in [6.45, 7) is -1.43. The number of halogens is 1. The number of hydrogen-bond donors (Lipinski definition) is 2. The van der Waals surface area contributed by atoms with Gasteiger partial charge < -0.3 is 19.8 Å². The van der Waals surface area contributed by atoms with Crippen LogP contribution in [0.3, 0.4) is 0 Å². The Morgan fingerprint density at radius 1 is 1.31 bits per heavy atom. The molecule has 2 aliphatic rings. The van der Waals surface area contributed by atoms with E-state index in [1.807, 2.05) is 32.0 Å². The van der Waals surface area contributed by atoms with Crippen LogP contribution >= 0.6 is 0 Å². The number of aromatic amines is 1. The van der Waals surface area contributed by atoms with E-state index >= 15 is 4.39 Å². The Bertz CT molecular complexity index is 2180. The van der Waals surface area contributed by atoms with Gasteiger partial charge in [-0.15, -0.1) is 5.10 Å². The van der Waals surface area contributed by atoms with Crippen molar-refractivity contribution in [3.8, 4) is 22.4 Å². The molecule has 12 heteroatoms. The molecule has 1 amide bonds. The van der Waals surface area contributed by atoms with Crippen molar-refractivity contribution >= 4 is 28.2 Å². The zero-order valence-corrected chi connectivity index (χ0v) is 23.1. The number of ether oxygens (including phenoxy) is 2. The third kappa shape index (κ3) is 3.88. The van der Waals surface area contributed by atoms with E-state index < -0.39 is 43.3 Å². The monoisotopic (exact) mass is 579 g/mol. The molecule has 0 spiro atoms. The van der Waals surface area contributed by atoms with Crippen LogP contribution in [0, 0.1) is 5.95 Å². The topological polar surface area (TPSA) is 121 Å². The van der Waals surface area contributed by atoms with E-state index in [1.165, 1.54) is 17.9 Å². The maximum absolute atomic E-state index is 15.6. The number of aromatic nitrogens is 6. The van der Waals surface area contributed by atoms with E-state index in [0.717, 1.165) is 21.9 Å². The minimum Gasteiger partial charge on any atom is -0.453 e. The first-order valence-electron chi connectivity index (χ1n) is 16.6. The molecule has 1 saturated carbocycles. The Balaban J connectivity index is 1.56. The van der Waals surface area contributed by atoms with Crippen LogP contribution in [0.25, 0.3) is 44.5 Å². The van der Waals surface area contributed by atoms with Crippen LogP contribution in [0.1, 0.15) is 58.5 Å². The Labute approximate surface area is 248 Å². The zero-order valence-electron chi connectivity index (χ0n) is 29.1. The highest BCUT2D eigenvalue weighted by Gasteiger charge is 2.34. The fourth-order valence-corrected chi connectivity index (χ4v) is 6.53. The molecule has 218 valence electrons. The number of H-pyrrole nitrogens is 1. The first kappa shape index (κ1) is 20.4. The quantitative estimate of drug-likeness (QED) is 0.320. The molecular weight excluding hydrogens is 541 g/mol. The number of alkyl carbamates (subject to hydrolysis) is 1. The van der Waals surface area contributed by atoms with E-state index in [0.29, 0.717) is 47.1 Å². The van der Waals surface area contributed by atoms with Crippen molar-refractivity contribution in [1.82, 2.24) is 34.2 Å². The summed E-state index contributed by atoms with van der Waals surface area (Å²) in [5.41, 5.74) is 1.93. The minimum atomic E-state index is -2.87. The van der Waals surface area contributed by atoms with Crippen LogP contribution in [-0.4, -0.2) is 48.1 Å². The highest BCUT2D eigenvalue weighted by Crippen LogP contribution is 2.45. The number of nitrogens with one attached hydrogen (secondary N) is 2. The summed E-state index contributed by atoms with van der Waals surface area (Å²) in [4.78, 5) is 33.7. The molecule has 5 aromatic rings. The lowest BCUT2D eigenvalue weighted by Gasteiger charge is -2.18. The van der Waals surface area contributed by atoms with Gasteiger partial charge in [0, 0.05) is 46.0 Å². The molecule has 0 unspecified atom stereocenters. The lowest BCUT2D eigenvalue weighted by Crippen LogP contribution is -2.33. The summed E-state index contributed by atoms with van der Waals surface area (Å²) in [5.74, 6) is -1.05. The second kappa shape index (κ2) is 9.28. The number of benzene rings is 1. The van der Waals surface area contributed by atoms with Crippen LogP contribution in [0.2, 0.25) is 0 Å². The van der Waals surface area contributed by atoms with Crippen molar-refractivity contribution in [3.05, 3.63) is 58.2 Å². The van der Waals surface area contributed by atoms with E-state index in [-0.39, 0.29) is 34.0 Å². The van der Waals surface area contributed by atoms with Gasteiger partial charge in [-0.25, -0.2) is 14.6 Å². The Kier molecular flexibility index (Phi) is 4.51. The van der Waals surface area contributed by atoms with Gasteiger partial charge in [0.1, 0.15) is 5.65 Å². The maximum atomic E-state index is 15.6. The SMILES string of the molecule is [2H]C([2H])([2H])n1cc(-c2[nH]c3ncc4c(c3c2-c2ccc3c(c2)COC3(C)C)n([C@@H]2CC[C@@H](NC(=O)OC)C2)c(=O)n4C([2H])([2H])[2H])c(F)n1. The number of carbonyl (C=O) groups is 1. The van der Waals surface area contributed by atoms with Gasteiger partial charge in [-0.1, -0.05) is 12.1 Å². The maximum Gasteiger partial charge on any atom is 0.407 e. The van der Waals surface area contributed by atoms with E-state index in [9.17, 15) is 9.59 Å².